The van der Waals surface area contributed by atoms with E-state index in [0.717, 1.165) is 0 Å². The molecule has 26 heavy (non-hydrogen) atoms. The fourth-order valence-electron chi connectivity index (χ4n) is 2.38. The van der Waals surface area contributed by atoms with Crippen LogP contribution in [0.25, 0.3) is 11.5 Å². The van der Waals surface area contributed by atoms with Gasteiger partial charge in [0.15, 0.2) is 5.82 Å². The molecule has 0 aliphatic carbocycles. The van der Waals surface area contributed by atoms with Gasteiger partial charge >= 0.3 is 0 Å². The molecule has 0 fully saturated rings. The second-order valence-electron chi connectivity index (χ2n) is 5.36. The molecular formula is C17H16N4O4S. The summed E-state index contributed by atoms with van der Waals surface area (Å²) >= 11 is 0. The molecule has 3 aromatic rings. The second kappa shape index (κ2) is 6.96. The van der Waals surface area contributed by atoms with Gasteiger partial charge in [0.25, 0.3) is 15.9 Å². The van der Waals surface area contributed by atoms with Crippen LogP contribution in [0.4, 0.5) is 0 Å². The molecule has 1 aromatic carbocycles. The van der Waals surface area contributed by atoms with Crippen LogP contribution in [0, 0.1) is 0 Å². The predicted octanol–water partition coefficient (Wildman–Crippen LogP) is 1.61. The van der Waals surface area contributed by atoms with Crippen LogP contribution in [0.5, 0.6) is 5.75 Å². The van der Waals surface area contributed by atoms with Crippen LogP contribution in [-0.2, 0) is 17.1 Å². The fourth-order valence-corrected chi connectivity index (χ4v) is 3.51. The Hall–Kier alpha value is -3.20. The first-order chi connectivity index (χ1) is 12.4. The zero-order valence-corrected chi connectivity index (χ0v) is 14.9. The highest BCUT2D eigenvalue weighted by atomic mass is 32.2. The van der Waals surface area contributed by atoms with Gasteiger partial charge in [0.1, 0.15) is 22.0 Å². The maximum absolute atomic E-state index is 12.5. The summed E-state index contributed by atoms with van der Waals surface area (Å²) in [5, 5.41) is 0. The first-order valence-corrected chi connectivity index (χ1v) is 9.05. The molecule has 0 saturated carbocycles. The second-order valence-corrected chi connectivity index (χ2v) is 7.01. The monoisotopic (exact) mass is 372 g/mol. The number of benzene rings is 1. The van der Waals surface area contributed by atoms with Crippen LogP contribution < -0.4 is 9.46 Å². The molecule has 1 amide bonds. The molecule has 0 bridgehead atoms. The highest BCUT2D eigenvalue weighted by molar-refractivity contribution is 7.90. The Bertz CT molecular complexity index is 1050. The van der Waals surface area contributed by atoms with E-state index in [-0.39, 0.29) is 16.3 Å². The van der Waals surface area contributed by atoms with Gasteiger partial charge in [-0.25, -0.2) is 18.1 Å². The number of aryl methyl sites for hydroxylation is 1. The van der Waals surface area contributed by atoms with Gasteiger partial charge in [-0.3, -0.25) is 9.78 Å². The maximum atomic E-state index is 12.5. The molecule has 2 heterocycles. The van der Waals surface area contributed by atoms with Crippen molar-refractivity contribution in [2.75, 3.05) is 7.11 Å². The maximum Gasteiger partial charge on any atom is 0.285 e. The van der Waals surface area contributed by atoms with Gasteiger partial charge in [-0.1, -0.05) is 18.2 Å². The third-order valence-corrected chi connectivity index (χ3v) is 4.96. The number of aromatic nitrogens is 3. The molecule has 3 rings (SSSR count). The van der Waals surface area contributed by atoms with Crippen LogP contribution >= 0.6 is 0 Å². The number of sulfonamides is 1. The molecule has 0 atom stereocenters. The molecule has 0 aliphatic heterocycles. The lowest BCUT2D eigenvalue weighted by molar-refractivity contribution is 0.0977. The number of hydrogen-bond acceptors (Lipinski definition) is 6. The third kappa shape index (κ3) is 3.42. The Morgan fingerprint density at radius 1 is 1.15 bits per heavy atom. The standard InChI is InChI=1S/C17H16N4O4S/c1-21-11-13(19-16(21)12-7-5-6-10-18-12)17(22)20-26(23,24)15-9-4-3-8-14(15)25-2/h3-11H,1-2H3,(H,20,22). The Morgan fingerprint density at radius 3 is 2.58 bits per heavy atom. The van der Waals surface area contributed by atoms with E-state index in [1.54, 1.807) is 48.1 Å². The van der Waals surface area contributed by atoms with Crippen molar-refractivity contribution in [3.05, 3.63) is 60.6 Å². The summed E-state index contributed by atoms with van der Waals surface area (Å²) in [6.07, 6.45) is 3.05. The van der Waals surface area contributed by atoms with Crippen molar-refractivity contribution in [3.63, 3.8) is 0 Å². The van der Waals surface area contributed by atoms with E-state index < -0.39 is 15.9 Å². The number of pyridine rings is 1. The lowest BCUT2D eigenvalue weighted by atomic mass is 10.3. The molecule has 0 aliphatic rings. The van der Waals surface area contributed by atoms with E-state index in [9.17, 15) is 13.2 Å². The lowest BCUT2D eigenvalue weighted by Gasteiger charge is -2.09. The first-order valence-electron chi connectivity index (χ1n) is 7.57. The van der Waals surface area contributed by atoms with E-state index in [2.05, 4.69) is 9.97 Å². The van der Waals surface area contributed by atoms with Crippen LogP contribution in [0.1, 0.15) is 10.5 Å². The average Bonchev–Trinajstić information content (AvgIpc) is 3.04. The van der Waals surface area contributed by atoms with Gasteiger partial charge in [-0.05, 0) is 24.3 Å². The molecule has 8 nitrogen and oxygen atoms in total. The number of amides is 1. The summed E-state index contributed by atoms with van der Waals surface area (Å²) in [6.45, 7) is 0. The summed E-state index contributed by atoms with van der Waals surface area (Å²) in [4.78, 5) is 20.6. The summed E-state index contributed by atoms with van der Waals surface area (Å²) in [7, 11) is -1.06. The van der Waals surface area contributed by atoms with Crippen molar-refractivity contribution in [2.24, 2.45) is 7.05 Å². The van der Waals surface area contributed by atoms with Gasteiger partial charge in [0, 0.05) is 19.4 Å². The number of imidazole rings is 1. The number of methoxy groups -OCH3 is 1. The van der Waals surface area contributed by atoms with E-state index in [1.807, 2.05) is 4.72 Å². The molecule has 9 heteroatoms. The van der Waals surface area contributed by atoms with Crippen molar-refractivity contribution in [3.8, 4) is 17.3 Å². The number of ether oxygens (including phenoxy) is 1. The topological polar surface area (TPSA) is 103 Å². The molecule has 0 spiro atoms. The van der Waals surface area contributed by atoms with Crippen molar-refractivity contribution in [1.29, 1.82) is 0 Å². The minimum atomic E-state index is -4.11. The Labute approximate surface area is 150 Å². The molecule has 1 N–H and O–H groups in total. The first kappa shape index (κ1) is 17.6. The van der Waals surface area contributed by atoms with Crippen molar-refractivity contribution < 1.29 is 17.9 Å². The lowest BCUT2D eigenvalue weighted by Crippen LogP contribution is -2.31. The molecule has 2 aromatic heterocycles. The van der Waals surface area contributed by atoms with Gasteiger partial charge in [0.2, 0.25) is 0 Å². The number of carbonyl (C=O) groups is 1. The Balaban J connectivity index is 1.89. The fraction of sp³-hybridized carbons (Fsp3) is 0.118. The minimum Gasteiger partial charge on any atom is -0.495 e. The highest BCUT2D eigenvalue weighted by Crippen LogP contribution is 2.23. The number of nitrogens with zero attached hydrogens (tertiary/aromatic N) is 3. The SMILES string of the molecule is COc1ccccc1S(=O)(=O)NC(=O)c1cn(C)c(-c2ccccn2)n1. The summed E-state index contributed by atoms with van der Waals surface area (Å²) in [5.74, 6) is -0.248. The number of carbonyl (C=O) groups excluding carboxylic acids is 1. The third-order valence-electron chi connectivity index (χ3n) is 3.59. The minimum absolute atomic E-state index is 0.0355. The average molecular weight is 372 g/mol. The number of rotatable bonds is 5. The quantitative estimate of drug-likeness (QED) is 0.730. The normalized spacial score (nSPS) is 11.2. The summed E-state index contributed by atoms with van der Waals surface area (Å²) in [6, 6.07) is 11.3. The molecule has 0 radical (unpaired) electrons. The van der Waals surface area contributed by atoms with Crippen LogP contribution in [-0.4, -0.2) is 36.0 Å². The molecule has 0 saturated heterocycles. The Kier molecular flexibility index (Phi) is 4.72. The molecule has 134 valence electrons. The summed E-state index contributed by atoms with van der Waals surface area (Å²) in [5.41, 5.74) is 0.535. The van der Waals surface area contributed by atoms with Crippen LogP contribution in [0.15, 0.2) is 59.8 Å². The van der Waals surface area contributed by atoms with E-state index in [4.69, 9.17) is 4.74 Å². The Morgan fingerprint density at radius 2 is 1.88 bits per heavy atom. The molecule has 0 unspecified atom stereocenters. The number of para-hydroxylation sites is 1. The zero-order valence-electron chi connectivity index (χ0n) is 14.1. The largest absolute Gasteiger partial charge is 0.495 e. The van der Waals surface area contributed by atoms with Crippen molar-refractivity contribution in [2.45, 2.75) is 4.90 Å². The van der Waals surface area contributed by atoms with Crippen LogP contribution in [0.2, 0.25) is 0 Å². The van der Waals surface area contributed by atoms with E-state index in [1.165, 1.54) is 25.4 Å². The smallest absolute Gasteiger partial charge is 0.285 e. The predicted molar refractivity (Wildman–Crippen MR) is 94.1 cm³/mol. The summed E-state index contributed by atoms with van der Waals surface area (Å²) < 4.78 is 33.7. The van der Waals surface area contributed by atoms with Gasteiger partial charge in [-0.2, -0.15) is 0 Å². The van der Waals surface area contributed by atoms with Gasteiger partial charge < -0.3 is 9.30 Å². The van der Waals surface area contributed by atoms with Crippen molar-refractivity contribution in [1.82, 2.24) is 19.3 Å². The highest BCUT2D eigenvalue weighted by Gasteiger charge is 2.24. The number of nitrogens with one attached hydrogen (secondary N) is 1. The zero-order chi connectivity index (χ0) is 18.7. The molecular weight excluding hydrogens is 356 g/mol. The van der Waals surface area contributed by atoms with E-state index in [0.29, 0.717) is 11.5 Å². The number of hydrogen-bond donors (Lipinski definition) is 1. The van der Waals surface area contributed by atoms with Crippen LogP contribution in [0.3, 0.4) is 0 Å². The van der Waals surface area contributed by atoms with Crippen molar-refractivity contribution >= 4 is 15.9 Å². The van der Waals surface area contributed by atoms with Gasteiger partial charge in [0.05, 0.1) is 7.11 Å². The van der Waals surface area contributed by atoms with E-state index >= 15 is 0 Å². The van der Waals surface area contributed by atoms with Gasteiger partial charge in [-0.15, -0.1) is 0 Å².